The monoisotopic (exact) mass is 263 g/mol. The molecule has 4 heteroatoms. The van der Waals surface area contributed by atoms with Gasteiger partial charge in [-0.2, -0.15) is 0 Å². The van der Waals surface area contributed by atoms with Crippen LogP contribution in [0.3, 0.4) is 0 Å². The van der Waals surface area contributed by atoms with Crippen molar-refractivity contribution in [1.29, 1.82) is 0 Å². The van der Waals surface area contributed by atoms with E-state index in [1.54, 1.807) is 13.2 Å². The number of benzene rings is 1. The second-order valence-electron chi connectivity index (χ2n) is 4.49. The summed E-state index contributed by atoms with van der Waals surface area (Å²) in [5, 5.41) is 8.69. The van der Waals surface area contributed by atoms with Gasteiger partial charge < -0.3 is 14.7 Å². The third-order valence-electron chi connectivity index (χ3n) is 2.76. The molecule has 1 rings (SSSR count). The highest BCUT2D eigenvalue weighted by molar-refractivity contribution is 5.85. The van der Waals surface area contributed by atoms with Crippen LogP contribution in [0, 0.1) is 0 Å². The van der Waals surface area contributed by atoms with Crippen molar-refractivity contribution in [2.24, 2.45) is 0 Å². The molecule has 0 saturated carbocycles. The molecule has 0 aliphatic carbocycles. The summed E-state index contributed by atoms with van der Waals surface area (Å²) < 4.78 is 5.23. The van der Waals surface area contributed by atoms with Crippen molar-refractivity contribution in [1.82, 2.24) is 4.90 Å². The fraction of sp³-hybridized carbons (Fsp3) is 0.400. The minimum atomic E-state index is -0.962. The van der Waals surface area contributed by atoms with Gasteiger partial charge in [0.25, 0.3) is 0 Å². The third kappa shape index (κ3) is 5.14. The summed E-state index contributed by atoms with van der Waals surface area (Å²) in [7, 11) is 3.65. The van der Waals surface area contributed by atoms with Crippen LogP contribution in [-0.4, -0.2) is 36.7 Å². The van der Waals surface area contributed by atoms with E-state index in [1.807, 2.05) is 18.2 Å². The predicted molar refractivity (Wildman–Crippen MR) is 76.3 cm³/mol. The highest BCUT2D eigenvalue weighted by atomic mass is 16.5. The van der Waals surface area contributed by atoms with Crippen LogP contribution >= 0.6 is 0 Å². The number of carboxylic acids is 1. The Labute approximate surface area is 114 Å². The maximum absolute atomic E-state index is 10.6. The lowest BCUT2D eigenvalue weighted by Crippen LogP contribution is -2.18. The topological polar surface area (TPSA) is 49.8 Å². The largest absolute Gasteiger partial charge is 0.496 e. The fourth-order valence-corrected chi connectivity index (χ4v) is 1.95. The van der Waals surface area contributed by atoms with Crippen LogP contribution in [0.5, 0.6) is 5.75 Å². The molecule has 0 unspecified atom stereocenters. The molecule has 0 radical (unpaired) electrons. The van der Waals surface area contributed by atoms with Gasteiger partial charge in [0.1, 0.15) is 5.75 Å². The van der Waals surface area contributed by atoms with Gasteiger partial charge in [-0.25, -0.2) is 4.79 Å². The Morgan fingerprint density at radius 2 is 2.21 bits per heavy atom. The number of methoxy groups -OCH3 is 1. The summed E-state index contributed by atoms with van der Waals surface area (Å²) in [6.45, 7) is 4.02. The molecule has 0 amide bonds. The van der Waals surface area contributed by atoms with E-state index in [4.69, 9.17) is 9.84 Å². The zero-order chi connectivity index (χ0) is 14.3. The van der Waals surface area contributed by atoms with Crippen molar-refractivity contribution in [3.8, 4) is 5.75 Å². The summed E-state index contributed by atoms with van der Waals surface area (Å²) in [5.41, 5.74) is 1.93. The minimum absolute atomic E-state index is 0.680. The van der Waals surface area contributed by atoms with E-state index in [-0.39, 0.29) is 0 Å². The molecule has 0 fully saturated rings. The normalized spacial score (nSPS) is 11.2. The maximum atomic E-state index is 10.6. The molecule has 0 heterocycles. The Hall–Kier alpha value is -1.81. The molecule has 1 N–H and O–H groups in total. The molecule has 0 bridgehead atoms. The van der Waals surface area contributed by atoms with Crippen LogP contribution in [0.2, 0.25) is 0 Å². The van der Waals surface area contributed by atoms with Gasteiger partial charge in [0.2, 0.25) is 0 Å². The average molecular weight is 263 g/mol. The van der Waals surface area contributed by atoms with Crippen LogP contribution < -0.4 is 4.74 Å². The van der Waals surface area contributed by atoms with Gasteiger partial charge in [0.15, 0.2) is 0 Å². The van der Waals surface area contributed by atoms with E-state index >= 15 is 0 Å². The molecule has 1 aromatic rings. The second-order valence-corrected chi connectivity index (χ2v) is 4.49. The summed E-state index contributed by atoms with van der Waals surface area (Å²) in [6.07, 6.45) is 3.79. The Kier molecular flexibility index (Phi) is 6.09. The Bertz CT molecular complexity index is 455. The molecular weight excluding hydrogens is 242 g/mol. The van der Waals surface area contributed by atoms with Crippen molar-refractivity contribution >= 4 is 12.0 Å². The van der Waals surface area contributed by atoms with E-state index < -0.39 is 5.97 Å². The van der Waals surface area contributed by atoms with Gasteiger partial charge in [0.05, 0.1) is 7.11 Å². The number of ether oxygens (including phenoxy) is 1. The molecule has 0 saturated heterocycles. The average Bonchev–Trinajstić information content (AvgIpc) is 2.36. The molecule has 104 valence electrons. The zero-order valence-electron chi connectivity index (χ0n) is 11.7. The van der Waals surface area contributed by atoms with Crippen molar-refractivity contribution in [2.75, 3.05) is 20.7 Å². The highest BCUT2D eigenvalue weighted by Gasteiger charge is 2.04. The molecule has 4 nitrogen and oxygen atoms in total. The number of rotatable bonds is 7. The van der Waals surface area contributed by atoms with E-state index in [0.717, 1.165) is 36.7 Å². The summed E-state index contributed by atoms with van der Waals surface area (Å²) >= 11 is 0. The van der Waals surface area contributed by atoms with E-state index in [0.29, 0.717) is 5.75 Å². The Morgan fingerprint density at radius 3 is 2.79 bits per heavy atom. The molecule has 1 aromatic carbocycles. The first-order chi connectivity index (χ1) is 9.06. The summed E-state index contributed by atoms with van der Waals surface area (Å²) in [5.74, 6) is -0.282. The summed E-state index contributed by atoms with van der Waals surface area (Å²) in [4.78, 5) is 12.8. The van der Waals surface area contributed by atoms with Crippen LogP contribution in [-0.2, 0) is 11.3 Å². The lowest BCUT2D eigenvalue weighted by Gasteiger charge is -2.16. The van der Waals surface area contributed by atoms with E-state index in [2.05, 4.69) is 18.9 Å². The number of hydrogen-bond acceptors (Lipinski definition) is 3. The molecule has 0 spiro atoms. The van der Waals surface area contributed by atoms with Crippen LogP contribution in [0.4, 0.5) is 0 Å². The first-order valence-corrected chi connectivity index (χ1v) is 6.33. The van der Waals surface area contributed by atoms with E-state index in [1.165, 1.54) is 0 Å². The highest BCUT2D eigenvalue weighted by Crippen LogP contribution is 2.22. The maximum Gasteiger partial charge on any atom is 0.328 e. The second kappa shape index (κ2) is 7.59. The fourth-order valence-electron chi connectivity index (χ4n) is 1.95. The molecular formula is C15H21NO3. The third-order valence-corrected chi connectivity index (χ3v) is 2.76. The molecule has 0 aromatic heterocycles. The van der Waals surface area contributed by atoms with Gasteiger partial charge in [-0.3, -0.25) is 0 Å². The van der Waals surface area contributed by atoms with Gasteiger partial charge in [-0.15, -0.1) is 0 Å². The van der Waals surface area contributed by atoms with Gasteiger partial charge in [-0.1, -0.05) is 13.0 Å². The minimum Gasteiger partial charge on any atom is -0.496 e. The number of hydrogen-bond donors (Lipinski definition) is 1. The van der Waals surface area contributed by atoms with Crippen molar-refractivity contribution in [3.63, 3.8) is 0 Å². The number of carbonyl (C=O) groups is 1. The molecule has 19 heavy (non-hydrogen) atoms. The Morgan fingerprint density at radius 1 is 1.47 bits per heavy atom. The first kappa shape index (κ1) is 15.2. The van der Waals surface area contributed by atoms with Crippen molar-refractivity contribution < 1.29 is 14.6 Å². The van der Waals surface area contributed by atoms with Crippen LogP contribution in [0.15, 0.2) is 24.3 Å². The SMILES string of the molecule is CCCN(C)Cc1ccc(OC)c(C=CC(=O)O)c1. The first-order valence-electron chi connectivity index (χ1n) is 6.33. The lowest BCUT2D eigenvalue weighted by atomic mass is 10.1. The molecule has 0 aliphatic heterocycles. The quantitative estimate of drug-likeness (QED) is 0.768. The van der Waals surface area contributed by atoms with E-state index in [9.17, 15) is 4.79 Å². The van der Waals surface area contributed by atoms with Crippen molar-refractivity contribution in [2.45, 2.75) is 19.9 Å². The zero-order valence-corrected chi connectivity index (χ0v) is 11.7. The predicted octanol–water partition coefficient (Wildman–Crippen LogP) is 2.63. The van der Waals surface area contributed by atoms with Crippen molar-refractivity contribution in [3.05, 3.63) is 35.4 Å². The summed E-state index contributed by atoms with van der Waals surface area (Å²) in [6, 6.07) is 5.84. The van der Waals surface area contributed by atoms with Crippen LogP contribution in [0.1, 0.15) is 24.5 Å². The molecule has 0 aliphatic rings. The standard InChI is InChI=1S/C15H21NO3/c1-4-9-16(2)11-12-5-7-14(19-3)13(10-12)6-8-15(17)18/h5-8,10H,4,9,11H2,1-3H3,(H,17,18). The smallest absolute Gasteiger partial charge is 0.328 e. The number of nitrogens with zero attached hydrogens (tertiary/aromatic N) is 1. The van der Waals surface area contributed by atoms with Gasteiger partial charge >= 0.3 is 5.97 Å². The number of carboxylic acid groups (broad SMARTS) is 1. The van der Waals surface area contributed by atoms with Gasteiger partial charge in [0, 0.05) is 18.2 Å². The lowest BCUT2D eigenvalue weighted by molar-refractivity contribution is -0.131. The Balaban J connectivity index is 2.91. The molecule has 0 atom stereocenters. The van der Waals surface area contributed by atoms with Gasteiger partial charge in [-0.05, 0) is 43.8 Å². The number of aliphatic carboxylic acids is 1. The van der Waals surface area contributed by atoms with Crippen LogP contribution in [0.25, 0.3) is 6.08 Å².